The molecule has 1 fully saturated rings. The largest absolute Gasteiger partial charge is 0.348 e. The molecule has 6 heteroatoms. The molecule has 1 aliphatic rings. The summed E-state index contributed by atoms with van der Waals surface area (Å²) in [5.74, 6) is -0.334. The summed E-state index contributed by atoms with van der Waals surface area (Å²) in [6.07, 6.45) is 3.50. The molecule has 0 saturated heterocycles. The molecule has 2 amide bonds. The van der Waals surface area contributed by atoms with Crippen LogP contribution in [0.25, 0.3) is 0 Å². The molecule has 2 aromatic rings. The monoisotopic (exact) mass is 369 g/mol. The molecule has 0 heterocycles. The highest BCUT2D eigenvalue weighted by Gasteiger charge is 2.26. The zero-order valence-corrected chi connectivity index (χ0v) is 15.1. The molecule has 0 aliphatic heterocycles. The number of hydrogen-bond acceptors (Lipinski definition) is 3. The van der Waals surface area contributed by atoms with Gasteiger partial charge in [0.15, 0.2) is 0 Å². The Hall–Kier alpha value is -2.73. The minimum atomic E-state index is -0.308. The molecule has 0 aromatic heterocycles. The van der Waals surface area contributed by atoms with E-state index in [9.17, 15) is 14.0 Å². The Morgan fingerprint density at radius 3 is 2.37 bits per heavy atom. The van der Waals surface area contributed by atoms with Crippen molar-refractivity contribution in [3.05, 3.63) is 65.5 Å². The smallest absolute Gasteiger partial charge is 0.251 e. The van der Waals surface area contributed by atoms with E-state index in [0.29, 0.717) is 24.2 Å². The van der Waals surface area contributed by atoms with Crippen molar-refractivity contribution in [2.45, 2.75) is 38.3 Å². The van der Waals surface area contributed by atoms with Crippen LogP contribution in [0.2, 0.25) is 0 Å². The van der Waals surface area contributed by atoms with Gasteiger partial charge in [-0.15, -0.1) is 0 Å². The second kappa shape index (κ2) is 8.77. The molecule has 0 bridgehead atoms. The third-order valence-electron chi connectivity index (χ3n) is 4.96. The first-order chi connectivity index (χ1) is 13.0. The lowest BCUT2D eigenvalue weighted by Crippen LogP contribution is -2.28. The number of rotatable bonds is 6. The van der Waals surface area contributed by atoms with Crippen molar-refractivity contribution in [3.63, 3.8) is 0 Å². The Morgan fingerprint density at radius 2 is 1.74 bits per heavy atom. The normalized spacial score (nSPS) is 18.9. The van der Waals surface area contributed by atoms with E-state index in [1.54, 1.807) is 36.4 Å². The van der Waals surface area contributed by atoms with E-state index in [-0.39, 0.29) is 29.6 Å². The Kier molecular flexibility index (Phi) is 6.19. The van der Waals surface area contributed by atoms with E-state index in [1.807, 2.05) is 0 Å². The number of benzene rings is 2. The van der Waals surface area contributed by atoms with Gasteiger partial charge in [-0.3, -0.25) is 9.59 Å². The van der Waals surface area contributed by atoms with Crippen molar-refractivity contribution in [3.8, 4) is 0 Å². The Labute approximate surface area is 158 Å². The molecule has 4 N–H and O–H groups in total. The fraction of sp³-hybridized carbons (Fsp3) is 0.333. The number of carbonyl (C=O) groups is 2. The summed E-state index contributed by atoms with van der Waals surface area (Å²) in [4.78, 5) is 24.3. The van der Waals surface area contributed by atoms with Gasteiger partial charge in [0.1, 0.15) is 5.82 Å². The predicted octanol–water partition coefficient (Wildman–Crippen LogP) is 3.21. The lowest BCUT2D eigenvalue weighted by molar-refractivity contribution is -0.117. The number of carbonyl (C=O) groups excluding carboxylic acids is 2. The predicted molar refractivity (Wildman–Crippen MR) is 103 cm³/mol. The van der Waals surface area contributed by atoms with E-state index in [2.05, 4.69) is 10.6 Å². The van der Waals surface area contributed by atoms with Crippen molar-refractivity contribution in [2.24, 2.45) is 11.7 Å². The molecule has 0 radical (unpaired) electrons. The topological polar surface area (TPSA) is 84.2 Å². The van der Waals surface area contributed by atoms with Crippen molar-refractivity contribution >= 4 is 17.5 Å². The van der Waals surface area contributed by atoms with Crippen LogP contribution in [-0.2, 0) is 11.3 Å². The number of halogens is 1. The molecule has 0 unspecified atom stereocenters. The van der Waals surface area contributed by atoms with Crippen LogP contribution in [0.15, 0.2) is 48.5 Å². The molecule has 142 valence electrons. The maximum absolute atomic E-state index is 12.9. The van der Waals surface area contributed by atoms with Crippen molar-refractivity contribution in [1.82, 2.24) is 5.32 Å². The van der Waals surface area contributed by atoms with Gasteiger partial charge in [0.25, 0.3) is 5.91 Å². The quantitative estimate of drug-likeness (QED) is 0.731. The van der Waals surface area contributed by atoms with Gasteiger partial charge in [-0.2, -0.15) is 0 Å². The van der Waals surface area contributed by atoms with Crippen molar-refractivity contribution in [2.75, 3.05) is 5.32 Å². The Bertz CT molecular complexity index is 790. The number of nitrogens with one attached hydrogen (secondary N) is 2. The Balaban J connectivity index is 1.49. The molecule has 3 rings (SSSR count). The molecular formula is C21H24FN3O2. The first-order valence-electron chi connectivity index (χ1n) is 9.19. The first kappa shape index (κ1) is 19.0. The third-order valence-corrected chi connectivity index (χ3v) is 4.96. The number of amides is 2. The summed E-state index contributed by atoms with van der Waals surface area (Å²) in [6, 6.07) is 12.8. The highest BCUT2D eigenvalue weighted by molar-refractivity contribution is 5.95. The second-order valence-electron chi connectivity index (χ2n) is 6.99. The van der Waals surface area contributed by atoms with Gasteiger partial charge in [-0.1, -0.05) is 18.6 Å². The van der Waals surface area contributed by atoms with E-state index in [0.717, 1.165) is 24.8 Å². The van der Waals surface area contributed by atoms with Crippen LogP contribution in [0, 0.1) is 11.7 Å². The number of nitrogens with two attached hydrogens (primary N) is 1. The molecule has 0 spiro atoms. The molecular weight excluding hydrogens is 345 g/mol. The minimum absolute atomic E-state index is 0.0501. The van der Waals surface area contributed by atoms with E-state index in [1.165, 1.54) is 12.1 Å². The van der Waals surface area contributed by atoms with Gasteiger partial charge in [-0.25, -0.2) is 4.39 Å². The van der Waals surface area contributed by atoms with Crippen molar-refractivity contribution in [1.29, 1.82) is 0 Å². The molecule has 1 saturated carbocycles. The lowest BCUT2D eigenvalue weighted by Gasteiger charge is -2.14. The van der Waals surface area contributed by atoms with Gasteiger partial charge in [0.2, 0.25) is 5.91 Å². The maximum atomic E-state index is 12.9. The van der Waals surface area contributed by atoms with Crippen LogP contribution in [0.4, 0.5) is 10.1 Å². The molecule has 1 aliphatic carbocycles. The summed E-state index contributed by atoms with van der Waals surface area (Å²) < 4.78 is 12.9. The van der Waals surface area contributed by atoms with Gasteiger partial charge in [0, 0.05) is 30.3 Å². The van der Waals surface area contributed by atoms with Gasteiger partial charge < -0.3 is 16.4 Å². The SMILES string of the molecule is N[C@@H]1CCC[C@H]1CC(=O)Nc1ccc(C(=O)NCc2ccc(F)cc2)cc1. The van der Waals surface area contributed by atoms with Crippen LogP contribution in [-0.4, -0.2) is 17.9 Å². The minimum Gasteiger partial charge on any atom is -0.348 e. The van der Waals surface area contributed by atoms with E-state index in [4.69, 9.17) is 5.73 Å². The van der Waals surface area contributed by atoms with E-state index < -0.39 is 0 Å². The van der Waals surface area contributed by atoms with E-state index >= 15 is 0 Å². The summed E-state index contributed by atoms with van der Waals surface area (Å²) in [6.45, 7) is 0.319. The van der Waals surface area contributed by atoms with Crippen LogP contribution in [0.3, 0.4) is 0 Å². The summed E-state index contributed by atoms with van der Waals surface area (Å²) in [5.41, 5.74) is 7.97. The molecule has 2 atom stereocenters. The summed E-state index contributed by atoms with van der Waals surface area (Å²) in [5, 5.41) is 5.64. The van der Waals surface area contributed by atoms with Crippen LogP contribution >= 0.6 is 0 Å². The lowest BCUT2D eigenvalue weighted by atomic mass is 10.00. The average Bonchev–Trinajstić information content (AvgIpc) is 3.06. The fourth-order valence-electron chi connectivity index (χ4n) is 3.36. The number of anilines is 1. The molecule has 27 heavy (non-hydrogen) atoms. The first-order valence-corrected chi connectivity index (χ1v) is 9.19. The zero-order chi connectivity index (χ0) is 19.2. The third kappa shape index (κ3) is 5.37. The van der Waals surface area contributed by atoms with Crippen LogP contribution in [0.5, 0.6) is 0 Å². The van der Waals surface area contributed by atoms with Crippen LogP contribution in [0.1, 0.15) is 41.6 Å². The molecule has 2 aromatic carbocycles. The zero-order valence-electron chi connectivity index (χ0n) is 15.1. The van der Waals surface area contributed by atoms with Gasteiger partial charge >= 0.3 is 0 Å². The Morgan fingerprint density at radius 1 is 1.04 bits per heavy atom. The maximum Gasteiger partial charge on any atom is 0.251 e. The number of hydrogen-bond donors (Lipinski definition) is 3. The van der Waals surface area contributed by atoms with Gasteiger partial charge in [-0.05, 0) is 60.7 Å². The summed E-state index contributed by atoms with van der Waals surface area (Å²) >= 11 is 0. The highest BCUT2D eigenvalue weighted by atomic mass is 19.1. The standard InChI is InChI=1S/C21H24FN3O2/c22-17-8-4-14(5-9-17)13-24-21(27)15-6-10-18(11-7-15)25-20(26)12-16-2-1-3-19(16)23/h4-11,16,19H,1-3,12-13,23H2,(H,24,27)(H,25,26)/t16-,19+/m0/s1. The average molecular weight is 369 g/mol. The molecule has 5 nitrogen and oxygen atoms in total. The highest BCUT2D eigenvalue weighted by Crippen LogP contribution is 2.27. The fourth-order valence-corrected chi connectivity index (χ4v) is 3.36. The van der Waals surface area contributed by atoms with Crippen LogP contribution < -0.4 is 16.4 Å². The van der Waals surface area contributed by atoms with Crippen molar-refractivity contribution < 1.29 is 14.0 Å². The second-order valence-corrected chi connectivity index (χ2v) is 6.99. The van der Waals surface area contributed by atoms with Gasteiger partial charge in [0.05, 0.1) is 0 Å². The summed E-state index contributed by atoms with van der Waals surface area (Å²) in [7, 11) is 0.